The first-order valence-electron chi connectivity index (χ1n) is 18.7. The number of aryl methyl sites for hydroxylation is 7. The molecule has 0 atom stereocenters. The van der Waals surface area contributed by atoms with Crippen molar-refractivity contribution >= 4 is 18.7 Å². The van der Waals surface area contributed by atoms with Gasteiger partial charge in [0.15, 0.2) is 0 Å². The highest BCUT2D eigenvalue weighted by molar-refractivity contribution is 7.79. The predicted molar refractivity (Wildman–Crippen MR) is 243 cm³/mol. The van der Waals surface area contributed by atoms with Crippen LogP contribution in [0.15, 0.2) is 146 Å². The minimum atomic E-state index is 1.18. The summed E-state index contributed by atoms with van der Waals surface area (Å²) >= 11 is 3.53. The molecule has 0 nitrogen and oxygen atoms in total. The molecule has 0 N–H and O–H groups in total. The topological polar surface area (TPSA) is 0 Å². The van der Waals surface area contributed by atoms with E-state index in [1.807, 2.05) is 24.3 Å². The molecule has 54 heavy (non-hydrogen) atoms. The Labute approximate surface area is 330 Å². The van der Waals surface area contributed by atoms with Crippen LogP contribution in [-0.2, 0) is 0 Å². The highest BCUT2D eigenvalue weighted by atomic mass is 32.1. The summed E-state index contributed by atoms with van der Waals surface area (Å²) in [6, 6.07) is 50.9. The van der Waals surface area contributed by atoms with Crippen molar-refractivity contribution in [2.45, 2.75) is 55.4 Å². The number of benzene rings is 7. The van der Waals surface area contributed by atoms with E-state index in [2.05, 4.69) is 196 Å². The first-order chi connectivity index (χ1) is 26.0. The molecule has 1 heteroatoms. The summed E-state index contributed by atoms with van der Waals surface area (Å²) in [5, 5.41) is 0. The highest BCUT2D eigenvalue weighted by Gasteiger charge is 2.14. The molecule has 0 heterocycles. The Morgan fingerprint density at radius 2 is 0.889 bits per heavy atom. The molecule has 0 amide bonds. The highest BCUT2D eigenvalue weighted by Crippen LogP contribution is 2.38. The van der Waals surface area contributed by atoms with Gasteiger partial charge < -0.3 is 0 Å². The molecule has 0 aliphatic heterocycles. The Kier molecular flexibility index (Phi) is 13.4. The lowest BCUT2D eigenvalue weighted by molar-refractivity contribution is 1.33. The minimum absolute atomic E-state index is 1.18. The van der Waals surface area contributed by atoms with Crippen molar-refractivity contribution in [3.8, 4) is 55.6 Å². The van der Waals surface area contributed by atoms with E-state index in [0.717, 1.165) is 0 Å². The lowest BCUT2D eigenvalue weighted by atomic mass is 9.88. The van der Waals surface area contributed by atoms with Crippen LogP contribution in [0.25, 0.3) is 61.7 Å². The second kappa shape index (κ2) is 18.1. The van der Waals surface area contributed by atoms with Gasteiger partial charge in [-0.3, -0.25) is 0 Å². The molecule has 7 rings (SSSR count). The number of thiol groups is 1. The Morgan fingerprint density at radius 3 is 1.50 bits per heavy atom. The molecule has 0 unspecified atom stereocenters. The molecule has 0 aromatic heterocycles. The number of hydrogen-bond acceptors (Lipinski definition) is 1. The zero-order chi connectivity index (χ0) is 38.9. The molecule has 0 aliphatic rings. The normalized spacial score (nSPS) is 10.5. The van der Waals surface area contributed by atoms with Gasteiger partial charge in [-0.05, 0) is 168 Å². The first kappa shape index (κ1) is 39.8. The number of hydrogen-bond donors (Lipinski definition) is 1. The van der Waals surface area contributed by atoms with E-state index < -0.39 is 0 Å². The van der Waals surface area contributed by atoms with E-state index in [9.17, 15) is 0 Å². The second-order valence-corrected chi connectivity index (χ2v) is 14.3. The van der Waals surface area contributed by atoms with Crippen molar-refractivity contribution in [2.24, 2.45) is 0 Å². The van der Waals surface area contributed by atoms with Gasteiger partial charge in [-0.2, -0.15) is 12.6 Å². The van der Waals surface area contributed by atoms with Crippen molar-refractivity contribution in [2.75, 3.05) is 6.26 Å². The molecular formula is C53H54S. The predicted octanol–water partition coefficient (Wildman–Crippen LogP) is 15.4. The molecular weight excluding hydrogens is 669 g/mol. The van der Waals surface area contributed by atoms with Gasteiger partial charge in [0.05, 0.1) is 0 Å². The number of rotatable bonds is 6. The molecule has 7 aromatic carbocycles. The fraction of sp³-hybridized carbons (Fsp3) is 0.170. The van der Waals surface area contributed by atoms with Gasteiger partial charge in [0.2, 0.25) is 0 Å². The monoisotopic (exact) mass is 722 g/mol. The Morgan fingerprint density at radius 1 is 0.352 bits per heavy atom. The summed E-state index contributed by atoms with van der Waals surface area (Å²) in [5.41, 5.74) is 24.2. The maximum Gasteiger partial charge on any atom is -0.0109 e. The van der Waals surface area contributed by atoms with E-state index in [1.165, 1.54) is 106 Å². The summed E-state index contributed by atoms with van der Waals surface area (Å²) in [5.74, 6) is 0. The van der Waals surface area contributed by atoms with Crippen molar-refractivity contribution in [1.82, 2.24) is 0 Å². The van der Waals surface area contributed by atoms with Crippen LogP contribution in [0, 0.1) is 55.4 Å². The van der Waals surface area contributed by atoms with Crippen LogP contribution < -0.4 is 0 Å². The molecule has 0 spiro atoms. The van der Waals surface area contributed by atoms with Gasteiger partial charge in [-0.25, -0.2) is 0 Å². The smallest absolute Gasteiger partial charge is 0.0109 e. The maximum atomic E-state index is 4.07. The van der Waals surface area contributed by atoms with Crippen LogP contribution in [0.5, 0.6) is 0 Å². The van der Waals surface area contributed by atoms with E-state index in [-0.39, 0.29) is 0 Å². The minimum Gasteiger partial charge on any atom is -0.183 e. The average Bonchev–Trinajstić information content (AvgIpc) is 3.17. The van der Waals surface area contributed by atoms with Crippen LogP contribution in [0.1, 0.15) is 50.1 Å². The SMILES string of the molecule is C=Cc1cc(C)c(C)cc1-c1ccc(-c2ccc(-c3cc(C)cc(-c4cccc(-c5ccccc5C)c4C)c3)cc2C)c(C)c1.CS.Cc1ccccc1. The third-order valence-corrected chi connectivity index (χ3v) is 10.4. The lowest BCUT2D eigenvalue weighted by Crippen LogP contribution is -1.93. The van der Waals surface area contributed by atoms with Gasteiger partial charge in [-0.1, -0.05) is 152 Å². The zero-order valence-electron chi connectivity index (χ0n) is 33.5. The van der Waals surface area contributed by atoms with Gasteiger partial charge in [-0.15, -0.1) is 0 Å². The fourth-order valence-corrected chi connectivity index (χ4v) is 7.29. The van der Waals surface area contributed by atoms with Crippen LogP contribution in [0.3, 0.4) is 0 Å². The molecule has 7 aromatic rings. The van der Waals surface area contributed by atoms with Crippen molar-refractivity contribution in [3.05, 3.63) is 196 Å². The molecule has 0 saturated carbocycles. The van der Waals surface area contributed by atoms with Gasteiger partial charge in [0.25, 0.3) is 0 Å². The first-order valence-corrected chi connectivity index (χ1v) is 19.6. The molecule has 0 aliphatic carbocycles. The van der Waals surface area contributed by atoms with Gasteiger partial charge in [0.1, 0.15) is 0 Å². The summed E-state index contributed by atoms with van der Waals surface area (Å²) in [6.45, 7) is 21.6. The quantitative estimate of drug-likeness (QED) is 0.162. The summed E-state index contributed by atoms with van der Waals surface area (Å²) in [6.07, 6.45) is 3.66. The molecule has 0 bridgehead atoms. The second-order valence-electron chi connectivity index (χ2n) is 14.3. The largest absolute Gasteiger partial charge is 0.183 e. The van der Waals surface area contributed by atoms with Crippen molar-refractivity contribution < 1.29 is 0 Å². The third kappa shape index (κ3) is 9.04. The summed E-state index contributed by atoms with van der Waals surface area (Å²) in [4.78, 5) is 0. The average molecular weight is 723 g/mol. The third-order valence-electron chi connectivity index (χ3n) is 10.4. The summed E-state index contributed by atoms with van der Waals surface area (Å²) in [7, 11) is 0. The Balaban J connectivity index is 0.000000553. The molecule has 272 valence electrons. The lowest BCUT2D eigenvalue weighted by Gasteiger charge is -2.17. The van der Waals surface area contributed by atoms with Crippen LogP contribution in [0.4, 0.5) is 0 Å². The van der Waals surface area contributed by atoms with E-state index in [1.54, 1.807) is 6.26 Å². The van der Waals surface area contributed by atoms with Crippen LogP contribution in [0.2, 0.25) is 0 Å². The van der Waals surface area contributed by atoms with Crippen molar-refractivity contribution in [1.29, 1.82) is 0 Å². The molecule has 0 radical (unpaired) electrons. The standard InChI is InChI=1S/C45H42.C7H8.CH4S/c1-9-35-23-30(4)31(5)26-45(35)37-18-20-42(33(7)25-37)41-19-17-36(24-32(41)6)38-21-28(2)22-39(27-38)43-15-12-16-44(34(43)8)40-14-11-10-13-29(40)3;1-7-5-3-2-4-6-7;1-2/h9-27H,1H2,2-8H3;2-6H,1H3;2H,1H3. The van der Waals surface area contributed by atoms with Crippen LogP contribution >= 0.6 is 12.6 Å². The van der Waals surface area contributed by atoms with Gasteiger partial charge >= 0.3 is 0 Å². The van der Waals surface area contributed by atoms with E-state index in [0.29, 0.717) is 0 Å². The zero-order valence-corrected chi connectivity index (χ0v) is 34.4. The van der Waals surface area contributed by atoms with Crippen molar-refractivity contribution in [3.63, 3.8) is 0 Å². The summed E-state index contributed by atoms with van der Waals surface area (Å²) < 4.78 is 0. The fourth-order valence-electron chi connectivity index (χ4n) is 7.29. The van der Waals surface area contributed by atoms with E-state index >= 15 is 0 Å². The van der Waals surface area contributed by atoms with Gasteiger partial charge in [0, 0.05) is 0 Å². The van der Waals surface area contributed by atoms with Crippen LogP contribution in [-0.4, -0.2) is 6.26 Å². The molecule has 0 fully saturated rings. The van der Waals surface area contributed by atoms with E-state index in [4.69, 9.17) is 0 Å². The maximum absolute atomic E-state index is 4.07. The Bertz CT molecular complexity index is 2390. The molecule has 0 saturated heterocycles. The Hall–Kier alpha value is -5.37.